The molecule has 2 aromatic rings. The van der Waals surface area contributed by atoms with E-state index in [0.717, 1.165) is 4.47 Å². The number of urea groups is 1. The minimum Gasteiger partial charge on any atom is -0.497 e. The van der Waals surface area contributed by atoms with E-state index in [1.807, 2.05) is 5.32 Å². The lowest BCUT2D eigenvalue weighted by Gasteiger charge is -2.08. The Hall–Kier alpha value is -3.20. The van der Waals surface area contributed by atoms with Crippen LogP contribution in [0, 0.1) is 0 Å². The standard InChI is InChI=1S/C20H19BrN2O6/c1-28-16-8-6-15(7-9-16)22-20(27)23-18(25)12-29-19(26)11-10-17(24)13-2-4-14(21)5-3-13/h2-9H,10-12H2,1H3,(H2,22,23,25,27). The fourth-order valence-corrected chi connectivity index (χ4v) is 2.48. The molecule has 0 aliphatic heterocycles. The summed E-state index contributed by atoms with van der Waals surface area (Å²) in [6.07, 6.45) is -0.208. The third-order valence-electron chi connectivity index (χ3n) is 3.69. The number of rotatable bonds is 8. The second-order valence-electron chi connectivity index (χ2n) is 5.82. The second-order valence-corrected chi connectivity index (χ2v) is 6.74. The zero-order valence-electron chi connectivity index (χ0n) is 15.6. The molecule has 0 aliphatic rings. The van der Waals surface area contributed by atoms with Gasteiger partial charge in [-0.05, 0) is 36.4 Å². The lowest BCUT2D eigenvalue weighted by molar-refractivity contribution is -0.148. The summed E-state index contributed by atoms with van der Waals surface area (Å²) in [6.45, 7) is -0.624. The number of ketones is 1. The lowest BCUT2D eigenvalue weighted by atomic mass is 10.1. The highest BCUT2D eigenvalue weighted by Crippen LogP contribution is 2.15. The Morgan fingerprint density at radius 2 is 1.59 bits per heavy atom. The van der Waals surface area contributed by atoms with Crippen molar-refractivity contribution >= 4 is 45.3 Å². The molecular weight excluding hydrogens is 444 g/mol. The van der Waals surface area contributed by atoms with E-state index >= 15 is 0 Å². The number of methoxy groups -OCH3 is 1. The molecular formula is C20H19BrN2O6. The molecule has 0 fully saturated rings. The Morgan fingerprint density at radius 1 is 0.931 bits per heavy atom. The molecule has 0 saturated heterocycles. The summed E-state index contributed by atoms with van der Waals surface area (Å²) in [4.78, 5) is 47.1. The van der Waals surface area contributed by atoms with Gasteiger partial charge in [-0.15, -0.1) is 0 Å². The first-order valence-electron chi connectivity index (χ1n) is 8.56. The number of ether oxygens (including phenoxy) is 2. The quantitative estimate of drug-likeness (QED) is 0.459. The molecule has 0 heterocycles. The molecule has 0 spiro atoms. The molecule has 8 nitrogen and oxygen atoms in total. The van der Waals surface area contributed by atoms with Gasteiger partial charge in [-0.1, -0.05) is 28.1 Å². The van der Waals surface area contributed by atoms with Crippen molar-refractivity contribution in [2.75, 3.05) is 19.0 Å². The fourth-order valence-electron chi connectivity index (χ4n) is 2.21. The number of esters is 1. The molecule has 0 aromatic heterocycles. The monoisotopic (exact) mass is 462 g/mol. The number of amides is 3. The zero-order valence-corrected chi connectivity index (χ0v) is 17.2. The number of carbonyl (C=O) groups excluding carboxylic acids is 4. The van der Waals surface area contributed by atoms with Crippen molar-refractivity contribution in [3.05, 3.63) is 58.6 Å². The van der Waals surface area contributed by atoms with Gasteiger partial charge in [0.05, 0.1) is 13.5 Å². The number of Topliss-reactive ketones (excluding diaryl/α,β-unsaturated/α-hetero) is 1. The zero-order chi connectivity index (χ0) is 21.2. The van der Waals surface area contributed by atoms with Crippen molar-refractivity contribution < 1.29 is 28.7 Å². The van der Waals surface area contributed by atoms with Crippen molar-refractivity contribution in [2.45, 2.75) is 12.8 Å². The van der Waals surface area contributed by atoms with E-state index in [0.29, 0.717) is 17.0 Å². The molecule has 0 aliphatic carbocycles. The highest BCUT2D eigenvalue weighted by atomic mass is 79.9. The summed E-state index contributed by atoms with van der Waals surface area (Å²) >= 11 is 3.28. The van der Waals surface area contributed by atoms with Gasteiger partial charge in [0, 0.05) is 22.1 Å². The summed E-state index contributed by atoms with van der Waals surface area (Å²) in [5.41, 5.74) is 0.938. The van der Waals surface area contributed by atoms with Gasteiger partial charge in [0.2, 0.25) is 0 Å². The van der Waals surface area contributed by atoms with E-state index in [-0.39, 0.29) is 18.6 Å². The van der Waals surface area contributed by atoms with Crippen LogP contribution in [0.4, 0.5) is 10.5 Å². The van der Waals surface area contributed by atoms with Gasteiger partial charge in [-0.25, -0.2) is 4.79 Å². The average molecular weight is 463 g/mol. The van der Waals surface area contributed by atoms with Crippen LogP contribution in [0.25, 0.3) is 0 Å². The number of carbonyl (C=O) groups is 4. The normalized spacial score (nSPS) is 10.0. The minimum atomic E-state index is -0.788. The van der Waals surface area contributed by atoms with E-state index in [4.69, 9.17) is 9.47 Å². The average Bonchev–Trinajstić information content (AvgIpc) is 2.71. The van der Waals surface area contributed by atoms with Gasteiger partial charge in [-0.3, -0.25) is 19.7 Å². The maximum absolute atomic E-state index is 12.0. The van der Waals surface area contributed by atoms with Gasteiger partial charge in [-0.2, -0.15) is 0 Å². The molecule has 0 unspecified atom stereocenters. The molecule has 2 rings (SSSR count). The Morgan fingerprint density at radius 3 is 2.21 bits per heavy atom. The van der Waals surface area contributed by atoms with Crippen LogP contribution in [0.15, 0.2) is 53.0 Å². The molecule has 0 radical (unpaired) electrons. The van der Waals surface area contributed by atoms with Crippen LogP contribution in [0.1, 0.15) is 23.2 Å². The van der Waals surface area contributed by atoms with Crippen molar-refractivity contribution in [1.29, 1.82) is 0 Å². The molecule has 0 saturated carbocycles. The van der Waals surface area contributed by atoms with Crippen LogP contribution in [-0.2, 0) is 14.3 Å². The molecule has 2 aromatic carbocycles. The maximum atomic E-state index is 12.0. The van der Waals surface area contributed by atoms with Gasteiger partial charge >= 0.3 is 12.0 Å². The molecule has 9 heteroatoms. The van der Waals surface area contributed by atoms with E-state index in [1.165, 1.54) is 7.11 Å². The van der Waals surface area contributed by atoms with Crippen LogP contribution in [-0.4, -0.2) is 37.4 Å². The van der Waals surface area contributed by atoms with Crippen LogP contribution < -0.4 is 15.4 Å². The van der Waals surface area contributed by atoms with E-state index in [2.05, 4.69) is 21.2 Å². The number of anilines is 1. The summed E-state index contributed by atoms with van der Waals surface area (Å²) in [5, 5.41) is 4.50. The van der Waals surface area contributed by atoms with Crippen molar-refractivity contribution in [3.63, 3.8) is 0 Å². The largest absolute Gasteiger partial charge is 0.497 e. The van der Waals surface area contributed by atoms with E-state index < -0.39 is 24.5 Å². The first-order chi connectivity index (χ1) is 13.9. The Labute approximate surface area is 175 Å². The molecule has 3 amide bonds. The molecule has 0 bridgehead atoms. The Kier molecular flexibility index (Phi) is 8.35. The Bertz CT molecular complexity index is 881. The topological polar surface area (TPSA) is 111 Å². The first-order valence-corrected chi connectivity index (χ1v) is 9.36. The highest BCUT2D eigenvalue weighted by molar-refractivity contribution is 9.10. The van der Waals surface area contributed by atoms with Gasteiger partial charge in [0.25, 0.3) is 5.91 Å². The summed E-state index contributed by atoms with van der Waals surface area (Å²) in [6, 6.07) is 12.5. The van der Waals surface area contributed by atoms with Crippen molar-refractivity contribution in [2.24, 2.45) is 0 Å². The van der Waals surface area contributed by atoms with E-state index in [9.17, 15) is 19.2 Å². The predicted octanol–water partition coefficient (Wildman–Crippen LogP) is 3.31. The molecule has 152 valence electrons. The lowest BCUT2D eigenvalue weighted by Crippen LogP contribution is -2.37. The predicted molar refractivity (Wildman–Crippen MR) is 109 cm³/mol. The summed E-state index contributed by atoms with van der Waals surface area (Å²) < 4.78 is 10.6. The third-order valence-corrected chi connectivity index (χ3v) is 4.22. The van der Waals surface area contributed by atoms with Crippen LogP contribution in [0.5, 0.6) is 5.75 Å². The Balaban J connectivity index is 1.68. The number of nitrogens with one attached hydrogen (secondary N) is 2. The van der Waals surface area contributed by atoms with Gasteiger partial charge in [0.1, 0.15) is 5.75 Å². The van der Waals surface area contributed by atoms with E-state index in [1.54, 1.807) is 48.5 Å². The SMILES string of the molecule is COc1ccc(NC(=O)NC(=O)COC(=O)CCC(=O)c2ccc(Br)cc2)cc1. The third kappa shape index (κ3) is 7.74. The number of benzene rings is 2. The summed E-state index contributed by atoms with van der Waals surface area (Å²) in [7, 11) is 1.52. The molecule has 2 N–H and O–H groups in total. The fraction of sp³-hybridized carbons (Fsp3) is 0.200. The number of hydrogen-bond acceptors (Lipinski definition) is 6. The smallest absolute Gasteiger partial charge is 0.325 e. The maximum Gasteiger partial charge on any atom is 0.325 e. The first kappa shape index (κ1) is 22.1. The number of halogens is 1. The number of hydrogen-bond donors (Lipinski definition) is 2. The molecule has 29 heavy (non-hydrogen) atoms. The molecule has 0 atom stereocenters. The summed E-state index contributed by atoms with van der Waals surface area (Å²) in [5.74, 6) is -1.08. The van der Waals surface area contributed by atoms with Crippen molar-refractivity contribution in [3.8, 4) is 5.75 Å². The van der Waals surface area contributed by atoms with Crippen LogP contribution >= 0.6 is 15.9 Å². The van der Waals surface area contributed by atoms with Gasteiger partial charge in [0.15, 0.2) is 12.4 Å². The minimum absolute atomic E-state index is 0.0416. The number of imide groups is 1. The van der Waals surface area contributed by atoms with Crippen molar-refractivity contribution in [1.82, 2.24) is 5.32 Å². The van der Waals surface area contributed by atoms with Crippen LogP contribution in [0.3, 0.4) is 0 Å². The van der Waals surface area contributed by atoms with Crippen LogP contribution in [0.2, 0.25) is 0 Å². The highest BCUT2D eigenvalue weighted by Gasteiger charge is 2.13. The van der Waals surface area contributed by atoms with Gasteiger partial charge < -0.3 is 14.8 Å². The second kappa shape index (κ2) is 11.0.